The normalized spacial score (nSPS) is 11.3. The molecule has 0 amide bonds. The lowest BCUT2D eigenvalue weighted by Crippen LogP contribution is -1.97. The number of nitro benzene ring substituents is 1. The molecule has 0 saturated carbocycles. The highest BCUT2D eigenvalue weighted by molar-refractivity contribution is 5.77. The SMILES string of the molecule is C=CCC(=Cc1c(C)cccc1[N+](=O)[O-])n1cccc1. The van der Waals surface area contributed by atoms with E-state index in [1.807, 2.05) is 48.2 Å². The molecule has 0 atom stereocenters. The summed E-state index contributed by atoms with van der Waals surface area (Å²) in [6.07, 6.45) is 8.12. The largest absolute Gasteiger partial charge is 0.327 e. The Hall–Kier alpha value is -2.62. The van der Waals surface area contributed by atoms with Crippen LogP contribution in [-0.2, 0) is 0 Å². The van der Waals surface area contributed by atoms with E-state index in [4.69, 9.17) is 0 Å². The lowest BCUT2D eigenvalue weighted by Gasteiger charge is -2.09. The van der Waals surface area contributed by atoms with Gasteiger partial charge in [-0.2, -0.15) is 0 Å². The Morgan fingerprint density at radius 3 is 2.65 bits per heavy atom. The van der Waals surface area contributed by atoms with Crippen LogP contribution in [0.25, 0.3) is 11.8 Å². The van der Waals surface area contributed by atoms with Gasteiger partial charge in [-0.25, -0.2) is 0 Å². The van der Waals surface area contributed by atoms with E-state index >= 15 is 0 Å². The Labute approximate surface area is 117 Å². The molecule has 0 bridgehead atoms. The molecule has 0 aliphatic heterocycles. The van der Waals surface area contributed by atoms with E-state index in [-0.39, 0.29) is 10.6 Å². The number of aromatic nitrogens is 1. The fourth-order valence-corrected chi connectivity index (χ4v) is 2.09. The molecular formula is C16H16N2O2. The van der Waals surface area contributed by atoms with Crippen molar-refractivity contribution in [1.29, 1.82) is 0 Å². The monoisotopic (exact) mass is 268 g/mol. The fraction of sp³-hybridized carbons (Fsp3) is 0.125. The summed E-state index contributed by atoms with van der Waals surface area (Å²) in [4.78, 5) is 10.8. The lowest BCUT2D eigenvalue weighted by molar-refractivity contribution is -0.385. The molecule has 0 fully saturated rings. The topological polar surface area (TPSA) is 48.1 Å². The zero-order chi connectivity index (χ0) is 14.5. The molecule has 1 aromatic heterocycles. The van der Waals surface area contributed by atoms with Gasteiger partial charge in [0.05, 0.1) is 10.5 Å². The van der Waals surface area contributed by atoms with E-state index < -0.39 is 0 Å². The highest BCUT2D eigenvalue weighted by atomic mass is 16.6. The van der Waals surface area contributed by atoms with Gasteiger partial charge in [-0.05, 0) is 30.7 Å². The minimum Gasteiger partial charge on any atom is -0.327 e. The van der Waals surface area contributed by atoms with Gasteiger partial charge in [-0.1, -0.05) is 18.2 Å². The zero-order valence-electron chi connectivity index (χ0n) is 11.3. The second kappa shape index (κ2) is 6.02. The van der Waals surface area contributed by atoms with E-state index in [0.29, 0.717) is 12.0 Å². The lowest BCUT2D eigenvalue weighted by atomic mass is 10.0. The molecule has 2 rings (SSSR count). The van der Waals surface area contributed by atoms with Crippen molar-refractivity contribution in [2.24, 2.45) is 0 Å². The molecule has 4 heteroatoms. The van der Waals surface area contributed by atoms with Crippen molar-refractivity contribution >= 4 is 17.5 Å². The van der Waals surface area contributed by atoms with Gasteiger partial charge in [0.15, 0.2) is 0 Å². The first-order valence-corrected chi connectivity index (χ1v) is 6.32. The van der Waals surface area contributed by atoms with Crippen LogP contribution in [0.2, 0.25) is 0 Å². The highest BCUT2D eigenvalue weighted by Gasteiger charge is 2.14. The van der Waals surface area contributed by atoms with Crippen LogP contribution in [0.5, 0.6) is 0 Å². The van der Waals surface area contributed by atoms with E-state index in [9.17, 15) is 10.1 Å². The maximum absolute atomic E-state index is 11.1. The van der Waals surface area contributed by atoms with Crippen molar-refractivity contribution in [3.8, 4) is 0 Å². The molecule has 4 nitrogen and oxygen atoms in total. The van der Waals surface area contributed by atoms with Crippen LogP contribution in [0.1, 0.15) is 17.5 Å². The Bertz CT molecular complexity index is 655. The molecule has 1 aromatic carbocycles. The van der Waals surface area contributed by atoms with Crippen LogP contribution in [0.15, 0.2) is 55.4 Å². The summed E-state index contributed by atoms with van der Waals surface area (Å²) in [5.74, 6) is 0. The van der Waals surface area contributed by atoms with Gasteiger partial charge in [-0.3, -0.25) is 10.1 Å². The summed E-state index contributed by atoms with van der Waals surface area (Å²) in [5, 5.41) is 11.1. The van der Waals surface area contributed by atoms with Crippen molar-refractivity contribution in [3.63, 3.8) is 0 Å². The van der Waals surface area contributed by atoms with Gasteiger partial charge in [0.2, 0.25) is 0 Å². The summed E-state index contributed by atoms with van der Waals surface area (Å²) in [6.45, 7) is 5.62. The quantitative estimate of drug-likeness (QED) is 0.461. The Morgan fingerprint density at radius 1 is 1.35 bits per heavy atom. The number of hydrogen-bond acceptors (Lipinski definition) is 2. The maximum atomic E-state index is 11.1. The van der Waals surface area contributed by atoms with Gasteiger partial charge in [0.1, 0.15) is 0 Å². The predicted molar refractivity (Wildman–Crippen MR) is 81.2 cm³/mol. The van der Waals surface area contributed by atoms with Crippen molar-refractivity contribution in [1.82, 2.24) is 4.57 Å². The first kappa shape index (κ1) is 13.8. The first-order chi connectivity index (χ1) is 9.63. The number of benzene rings is 1. The summed E-state index contributed by atoms with van der Waals surface area (Å²) < 4.78 is 1.94. The molecule has 0 N–H and O–H groups in total. The molecule has 20 heavy (non-hydrogen) atoms. The van der Waals surface area contributed by atoms with Crippen molar-refractivity contribution in [2.75, 3.05) is 0 Å². The molecule has 0 unspecified atom stereocenters. The Kier molecular flexibility index (Phi) is 4.15. The van der Waals surface area contributed by atoms with Crippen LogP contribution in [0.4, 0.5) is 5.69 Å². The van der Waals surface area contributed by atoms with Crippen LogP contribution in [-0.4, -0.2) is 9.49 Å². The molecule has 0 aliphatic carbocycles. The van der Waals surface area contributed by atoms with Gasteiger partial charge in [-0.15, -0.1) is 6.58 Å². The molecule has 0 aliphatic rings. The molecule has 2 aromatic rings. The molecule has 0 spiro atoms. The van der Waals surface area contributed by atoms with E-state index in [1.165, 1.54) is 6.07 Å². The molecule has 0 saturated heterocycles. The summed E-state index contributed by atoms with van der Waals surface area (Å²) in [6, 6.07) is 8.94. The van der Waals surface area contributed by atoms with Crippen molar-refractivity contribution < 1.29 is 4.92 Å². The number of aryl methyl sites for hydroxylation is 1. The predicted octanol–water partition coefficient (Wildman–Crippen LogP) is 4.28. The number of nitro groups is 1. The molecular weight excluding hydrogens is 252 g/mol. The minimum atomic E-state index is -0.347. The third-order valence-corrected chi connectivity index (χ3v) is 3.10. The third-order valence-electron chi connectivity index (χ3n) is 3.10. The van der Waals surface area contributed by atoms with Gasteiger partial charge in [0.25, 0.3) is 5.69 Å². The number of rotatable bonds is 5. The van der Waals surface area contributed by atoms with E-state index in [2.05, 4.69) is 6.58 Å². The fourth-order valence-electron chi connectivity index (χ4n) is 2.09. The van der Waals surface area contributed by atoms with Crippen LogP contribution in [0, 0.1) is 17.0 Å². The van der Waals surface area contributed by atoms with Crippen LogP contribution >= 0.6 is 0 Å². The highest BCUT2D eigenvalue weighted by Crippen LogP contribution is 2.26. The third kappa shape index (κ3) is 2.85. The second-order valence-corrected chi connectivity index (χ2v) is 4.48. The van der Waals surface area contributed by atoms with Gasteiger partial charge >= 0.3 is 0 Å². The van der Waals surface area contributed by atoms with Gasteiger partial charge < -0.3 is 4.57 Å². The number of nitrogens with zero attached hydrogens (tertiary/aromatic N) is 2. The zero-order valence-corrected chi connectivity index (χ0v) is 11.3. The molecule has 1 heterocycles. The van der Waals surface area contributed by atoms with Crippen molar-refractivity contribution in [2.45, 2.75) is 13.3 Å². The van der Waals surface area contributed by atoms with Crippen LogP contribution < -0.4 is 0 Å². The smallest absolute Gasteiger partial charge is 0.276 e. The summed E-state index contributed by atoms with van der Waals surface area (Å²) in [5.41, 5.74) is 2.59. The molecule has 102 valence electrons. The Morgan fingerprint density at radius 2 is 2.05 bits per heavy atom. The minimum absolute atomic E-state index is 0.124. The average Bonchev–Trinajstić information content (AvgIpc) is 2.93. The van der Waals surface area contributed by atoms with E-state index in [0.717, 1.165) is 11.3 Å². The van der Waals surface area contributed by atoms with Crippen molar-refractivity contribution in [3.05, 3.63) is 76.6 Å². The summed E-state index contributed by atoms with van der Waals surface area (Å²) in [7, 11) is 0. The number of hydrogen-bond donors (Lipinski definition) is 0. The number of allylic oxidation sites excluding steroid dienone is 2. The standard InChI is InChI=1S/C16H16N2O2/c1-3-7-14(17-10-4-5-11-17)12-15-13(2)8-6-9-16(15)18(19)20/h3-6,8-12H,1,7H2,2H3. The van der Waals surface area contributed by atoms with Gasteiger partial charge in [0, 0.05) is 30.6 Å². The maximum Gasteiger partial charge on any atom is 0.276 e. The molecule has 0 radical (unpaired) electrons. The van der Waals surface area contributed by atoms with Crippen LogP contribution in [0.3, 0.4) is 0 Å². The second-order valence-electron chi connectivity index (χ2n) is 4.48. The van der Waals surface area contributed by atoms with E-state index in [1.54, 1.807) is 12.1 Å². The first-order valence-electron chi connectivity index (χ1n) is 6.32. The Balaban J connectivity index is 2.57. The average molecular weight is 268 g/mol. The summed E-state index contributed by atoms with van der Waals surface area (Å²) >= 11 is 0.